The van der Waals surface area contributed by atoms with E-state index in [0.29, 0.717) is 18.7 Å². The van der Waals surface area contributed by atoms with Crippen molar-refractivity contribution in [3.63, 3.8) is 0 Å². The Morgan fingerprint density at radius 2 is 1.83 bits per heavy atom. The Morgan fingerprint density at radius 3 is 2.48 bits per heavy atom. The van der Waals surface area contributed by atoms with Gasteiger partial charge in [0.2, 0.25) is 0 Å². The standard InChI is InChI=1S/C23H26N2O3S/c1-4-17(2)25(23(26)18-10-12-20(27-3)13-11-18)14-19-16-29-22(24-19)15-28-21-8-6-5-7-9-21/h5-13,16-17H,4,14-15H2,1-3H3/t17-/m1/s1. The number of hydrogen-bond donors (Lipinski definition) is 0. The molecule has 0 fully saturated rings. The van der Waals surface area contributed by atoms with Crippen LogP contribution in [0.2, 0.25) is 0 Å². The van der Waals surface area contributed by atoms with E-state index in [-0.39, 0.29) is 11.9 Å². The lowest BCUT2D eigenvalue weighted by atomic mass is 10.1. The van der Waals surface area contributed by atoms with E-state index in [2.05, 4.69) is 18.8 Å². The number of nitrogens with zero attached hydrogens (tertiary/aromatic N) is 2. The summed E-state index contributed by atoms with van der Waals surface area (Å²) in [7, 11) is 1.61. The van der Waals surface area contributed by atoms with Gasteiger partial charge in [-0.25, -0.2) is 4.98 Å². The van der Waals surface area contributed by atoms with Crippen molar-refractivity contribution < 1.29 is 14.3 Å². The van der Waals surface area contributed by atoms with Gasteiger partial charge in [-0.05, 0) is 49.7 Å². The predicted molar refractivity (Wildman–Crippen MR) is 116 cm³/mol. The van der Waals surface area contributed by atoms with Crippen molar-refractivity contribution in [1.29, 1.82) is 0 Å². The number of rotatable bonds is 9. The van der Waals surface area contributed by atoms with Crippen LogP contribution in [-0.4, -0.2) is 28.9 Å². The molecule has 152 valence electrons. The average molecular weight is 411 g/mol. The Labute approximate surface area is 175 Å². The van der Waals surface area contributed by atoms with Crippen molar-refractivity contribution in [2.45, 2.75) is 39.5 Å². The fourth-order valence-electron chi connectivity index (χ4n) is 2.87. The zero-order valence-corrected chi connectivity index (χ0v) is 17.8. The van der Waals surface area contributed by atoms with Crippen LogP contribution in [0.25, 0.3) is 0 Å². The number of carbonyl (C=O) groups is 1. The Hall–Kier alpha value is -2.86. The molecule has 0 radical (unpaired) electrons. The molecule has 0 saturated carbocycles. The van der Waals surface area contributed by atoms with Crippen LogP contribution in [0.5, 0.6) is 11.5 Å². The quantitative estimate of drug-likeness (QED) is 0.488. The molecule has 0 saturated heterocycles. The van der Waals surface area contributed by atoms with Crippen molar-refractivity contribution in [1.82, 2.24) is 9.88 Å². The van der Waals surface area contributed by atoms with E-state index in [1.165, 1.54) is 0 Å². The van der Waals surface area contributed by atoms with E-state index in [0.717, 1.165) is 28.6 Å². The maximum atomic E-state index is 13.1. The number of thiazole rings is 1. The van der Waals surface area contributed by atoms with Gasteiger partial charge in [-0.2, -0.15) is 0 Å². The minimum atomic E-state index is -0.00270. The van der Waals surface area contributed by atoms with Gasteiger partial charge in [0, 0.05) is 17.0 Å². The molecule has 1 atom stereocenters. The summed E-state index contributed by atoms with van der Waals surface area (Å²) >= 11 is 1.55. The van der Waals surface area contributed by atoms with E-state index < -0.39 is 0 Å². The largest absolute Gasteiger partial charge is 0.497 e. The van der Waals surface area contributed by atoms with Crippen LogP contribution in [0.15, 0.2) is 60.0 Å². The maximum Gasteiger partial charge on any atom is 0.254 e. The molecule has 29 heavy (non-hydrogen) atoms. The minimum Gasteiger partial charge on any atom is -0.497 e. The predicted octanol–water partition coefficient (Wildman–Crippen LogP) is 5.17. The van der Waals surface area contributed by atoms with Gasteiger partial charge in [-0.3, -0.25) is 4.79 Å². The highest BCUT2D eigenvalue weighted by Gasteiger charge is 2.22. The smallest absolute Gasteiger partial charge is 0.254 e. The molecule has 6 heteroatoms. The maximum absolute atomic E-state index is 13.1. The van der Waals surface area contributed by atoms with E-state index in [1.807, 2.05) is 52.7 Å². The Morgan fingerprint density at radius 1 is 1.10 bits per heavy atom. The number of methoxy groups -OCH3 is 1. The molecule has 5 nitrogen and oxygen atoms in total. The summed E-state index contributed by atoms with van der Waals surface area (Å²) in [6, 6.07) is 17.0. The third kappa shape index (κ3) is 5.57. The molecule has 0 aliphatic carbocycles. The fourth-order valence-corrected chi connectivity index (χ4v) is 3.57. The first-order valence-electron chi connectivity index (χ1n) is 9.66. The molecule has 0 N–H and O–H groups in total. The molecule has 1 heterocycles. The number of carbonyl (C=O) groups excluding carboxylic acids is 1. The zero-order chi connectivity index (χ0) is 20.6. The fraction of sp³-hybridized carbons (Fsp3) is 0.304. The number of para-hydroxylation sites is 1. The van der Waals surface area contributed by atoms with Crippen molar-refractivity contribution in [2.75, 3.05) is 7.11 Å². The summed E-state index contributed by atoms with van der Waals surface area (Å²) in [6.45, 7) is 5.04. The van der Waals surface area contributed by atoms with Crippen LogP contribution in [0.4, 0.5) is 0 Å². The summed E-state index contributed by atoms with van der Waals surface area (Å²) < 4.78 is 11.0. The van der Waals surface area contributed by atoms with Gasteiger partial charge in [-0.15, -0.1) is 11.3 Å². The summed E-state index contributed by atoms with van der Waals surface area (Å²) in [6.07, 6.45) is 0.871. The first-order valence-corrected chi connectivity index (χ1v) is 10.5. The normalized spacial score (nSPS) is 11.7. The highest BCUT2D eigenvalue weighted by atomic mass is 32.1. The second kappa shape index (κ2) is 10.1. The number of hydrogen-bond acceptors (Lipinski definition) is 5. The summed E-state index contributed by atoms with van der Waals surface area (Å²) in [4.78, 5) is 19.6. The molecule has 1 amide bonds. The number of ether oxygens (including phenoxy) is 2. The van der Waals surface area contributed by atoms with Gasteiger partial charge in [0.15, 0.2) is 0 Å². The molecule has 0 aliphatic heterocycles. The molecule has 3 rings (SSSR count). The Bertz CT molecular complexity index is 909. The van der Waals surface area contributed by atoms with Crippen LogP contribution in [0.3, 0.4) is 0 Å². The third-order valence-corrected chi connectivity index (χ3v) is 5.63. The molecular formula is C23H26N2O3S. The first-order chi connectivity index (χ1) is 14.1. The Kier molecular flexibility index (Phi) is 7.25. The van der Waals surface area contributed by atoms with Crippen molar-refractivity contribution >= 4 is 17.2 Å². The monoisotopic (exact) mass is 410 g/mol. The van der Waals surface area contributed by atoms with Gasteiger partial charge in [0.1, 0.15) is 23.1 Å². The number of amides is 1. The van der Waals surface area contributed by atoms with Gasteiger partial charge < -0.3 is 14.4 Å². The molecular weight excluding hydrogens is 384 g/mol. The van der Waals surface area contributed by atoms with E-state index in [9.17, 15) is 4.79 Å². The lowest BCUT2D eigenvalue weighted by molar-refractivity contribution is 0.0669. The molecule has 3 aromatic rings. The molecule has 0 unspecified atom stereocenters. The van der Waals surface area contributed by atoms with Crippen molar-refractivity contribution in [3.05, 3.63) is 76.2 Å². The average Bonchev–Trinajstić information content (AvgIpc) is 3.23. The molecule has 1 aromatic heterocycles. The van der Waals surface area contributed by atoms with E-state index in [4.69, 9.17) is 9.47 Å². The topological polar surface area (TPSA) is 51.7 Å². The van der Waals surface area contributed by atoms with Gasteiger partial charge in [-0.1, -0.05) is 25.1 Å². The van der Waals surface area contributed by atoms with Crippen molar-refractivity contribution in [2.24, 2.45) is 0 Å². The van der Waals surface area contributed by atoms with Crippen molar-refractivity contribution in [3.8, 4) is 11.5 Å². The first kappa shape index (κ1) is 20.9. The second-order valence-electron chi connectivity index (χ2n) is 6.75. The molecule has 0 aliphatic rings. The lowest BCUT2D eigenvalue weighted by Crippen LogP contribution is -2.37. The van der Waals surface area contributed by atoms with E-state index in [1.54, 1.807) is 30.6 Å². The number of aromatic nitrogens is 1. The molecule has 2 aromatic carbocycles. The van der Waals surface area contributed by atoms with Crippen LogP contribution in [-0.2, 0) is 13.2 Å². The molecule has 0 spiro atoms. The number of benzene rings is 2. The van der Waals surface area contributed by atoms with Crippen LogP contribution in [0.1, 0.15) is 41.3 Å². The highest BCUT2D eigenvalue weighted by Crippen LogP contribution is 2.20. The Balaban J connectivity index is 1.68. The summed E-state index contributed by atoms with van der Waals surface area (Å²) in [5.41, 5.74) is 1.53. The van der Waals surface area contributed by atoms with E-state index >= 15 is 0 Å². The lowest BCUT2D eigenvalue weighted by Gasteiger charge is -2.28. The zero-order valence-electron chi connectivity index (χ0n) is 17.0. The van der Waals surface area contributed by atoms with Crippen LogP contribution in [0, 0.1) is 0 Å². The SMILES string of the molecule is CC[C@@H](C)N(Cc1csc(COc2ccccc2)n1)C(=O)c1ccc(OC)cc1. The minimum absolute atomic E-state index is 0.00270. The van der Waals surface area contributed by atoms with Gasteiger partial charge in [0.05, 0.1) is 19.3 Å². The highest BCUT2D eigenvalue weighted by molar-refractivity contribution is 7.09. The molecule has 0 bridgehead atoms. The van der Waals surface area contributed by atoms with Crippen LogP contribution < -0.4 is 9.47 Å². The third-order valence-electron chi connectivity index (χ3n) is 4.76. The van der Waals surface area contributed by atoms with Gasteiger partial charge >= 0.3 is 0 Å². The van der Waals surface area contributed by atoms with Gasteiger partial charge in [0.25, 0.3) is 5.91 Å². The van der Waals surface area contributed by atoms with Crippen LogP contribution >= 0.6 is 11.3 Å². The summed E-state index contributed by atoms with van der Waals surface area (Å²) in [5.74, 6) is 1.55. The summed E-state index contributed by atoms with van der Waals surface area (Å²) in [5, 5.41) is 2.89. The second-order valence-corrected chi connectivity index (χ2v) is 7.70.